The lowest BCUT2D eigenvalue weighted by Gasteiger charge is -2.14. The molecule has 21 heavy (non-hydrogen) atoms. The molecule has 0 radical (unpaired) electrons. The van der Waals surface area contributed by atoms with Crippen molar-refractivity contribution in [2.24, 2.45) is 0 Å². The van der Waals surface area contributed by atoms with E-state index in [0.29, 0.717) is 5.69 Å². The summed E-state index contributed by atoms with van der Waals surface area (Å²) < 4.78 is 0. The molecule has 1 amide bonds. The molecule has 112 valence electrons. The number of benzene rings is 1. The van der Waals surface area contributed by atoms with Gasteiger partial charge in [-0.25, -0.2) is 4.98 Å². The first kappa shape index (κ1) is 16.1. The number of thiazole rings is 1. The Morgan fingerprint density at radius 2 is 2.05 bits per heavy atom. The summed E-state index contributed by atoms with van der Waals surface area (Å²) >= 11 is 13.6. The number of nitrogens with two attached hydrogens (primary N) is 1. The Morgan fingerprint density at radius 3 is 2.62 bits per heavy atom. The van der Waals surface area contributed by atoms with Crippen molar-refractivity contribution < 1.29 is 4.79 Å². The molecule has 3 N–H and O–H groups in total. The van der Waals surface area contributed by atoms with Gasteiger partial charge in [-0.3, -0.25) is 4.79 Å². The minimum Gasteiger partial charge on any atom is -0.399 e. The third-order valence-corrected chi connectivity index (χ3v) is 5.03. The molecule has 2 rings (SSSR count). The van der Waals surface area contributed by atoms with Crippen molar-refractivity contribution in [1.82, 2.24) is 10.3 Å². The van der Waals surface area contributed by atoms with Gasteiger partial charge >= 0.3 is 0 Å². The van der Waals surface area contributed by atoms with Crippen LogP contribution in [0.3, 0.4) is 0 Å². The summed E-state index contributed by atoms with van der Waals surface area (Å²) in [5, 5.41) is 4.33. The SMILES string of the molecule is Cc1nc(C)c(C(C)NC(=O)c2cc(N)cc(Cl)c2Cl)s1. The molecule has 1 unspecified atom stereocenters. The van der Waals surface area contributed by atoms with Gasteiger partial charge in [0.1, 0.15) is 0 Å². The Balaban J connectivity index is 2.24. The molecule has 0 aliphatic carbocycles. The fourth-order valence-electron chi connectivity index (χ4n) is 2.06. The third-order valence-electron chi connectivity index (χ3n) is 2.98. The highest BCUT2D eigenvalue weighted by Crippen LogP contribution is 2.30. The normalized spacial score (nSPS) is 12.2. The van der Waals surface area contributed by atoms with E-state index >= 15 is 0 Å². The van der Waals surface area contributed by atoms with Crippen molar-refractivity contribution in [3.8, 4) is 0 Å². The Morgan fingerprint density at radius 1 is 1.38 bits per heavy atom. The number of anilines is 1. The topological polar surface area (TPSA) is 68.0 Å². The molecule has 1 atom stereocenters. The number of nitrogens with one attached hydrogen (secondary N) is 1. The molecule has 0 aliphatic rings. The van der Waals surface area contributed by atoms with Gasteiger partial charge in [-0.2, -0.15) is 0 Å². The second-order valence-corrected chi connectivity index (χ2v) is 6.76. The highest BCUT2D eigenvalue weighted by atomic mass is 35.5. The van der Waals surface area contributed by atoms with Gasteiger partial charge in [0, 0.05) is 10.6 Å². The fraction of sp³-hybridized carbons (Fsp3) is 0.286. The molecule has 0 spiro atoms. The summed E-state index contributed by atoms with van der Waals surface area (Å²) in [5.74, 6) is -0.313. The van der Waals surface area contributed by atoms with Gasteiger partial charge in [0.2, 0.25) is 0 Å². The Labute approximate surface area is 137 Å². The van der Waals surface area contributed by atoms with E-state index in [1.807, 2.05) is 20.8 Å². The van der Waals surface area contributed by atoms with E-state index < -0.39 is 0 Å². The lowest BCUT2D eigenvalue weighted by molar-refractivity contribution is 0.0940. The lowest BCUT2D eigenvalue weighted by Crippen LogP contribution is -2.27. The number of carbonyl (C=O) groups is 1. The number of carbonyl (C=O) groups excluding carboxylic acids is 1. The highest BCUT2D eigenvalue weighted by Gasteiger charge is 2.19. The molecular weight excluding hydrogens is 329 g/mol. The van der Waals surface area contributed by atoms with Crippen molar-refractivity contribution in [2.45, 2.75) is 26.8 Å². The average molecular weight is 344 g/mol. The summed E-state index contributed by atoms with van der Waals surface area (Å²) in [4.78, 5) is 17.7. The highest BCUT2D eigenvalue weighted by molar-refractivity contribution is 7.11. The van der Waals surface area contributed by atoms with E-state index in [9.17, 15) is 4.79 Å². The standard InChI is InChI=1S/C14H15Cl2N3OS/c1-6-13(21-8(3)18-6)7(2)19-14(20)10-4-9(17)5-11(15)12(10)16/h4-5,7H,17H2,1-3H3,(H,19,20). The number of aryl methyl sites for hydroxylation is 2. The van der Waals surface area contributed by atoms with Crippen LogP contribution in [0.15, 0.2) is 12.1 Å². The van der Waals surface area contributed by atoms with E-state index in [1.54, 1.807) is 11.3 Å². The molecule has 0 saturated heterocycles. The summed E-state index contributed by atoms with van der Waals surface area (Å²) in [6, 6.07) is 2.86. The molecule has 7 heteroatoms. The second kappa shape index (κ2) is 6.22. The molecule has 0 fully saturated rings. The smallest absolute Gasteiger partial charge is 0.253 e. The maximum atomic E-state index is 12.3. The van der Waals surface area contributed by atoms with E-state index in [2.05, 4.69) is 10.3 Å². The molecule has 0 aliphatic heterocycles. The first-order chi connectivity index (χ1) is 9.79. The minimum absolute atomic E-state index is 0.167. The Bertz CT molecular complexity index is 700. The van der Waals surface area contributed by atoms with Crippen LogP contribution in [0.1, 0.15) is 38.9 Å². The maximum Gasteiger partial charge on any atom is 0.253 e. The number of nitrogen functional groups attached to an aromatic ring is 1. The van der Waals surface area contributed by atoms with Crippen LogP contribution in [0.4, 0.5) is 5.69 Å². The number of amides is 1. The average Bonchev–Trinajstić information content (AvgIpc) is 2.72. The predicted octanol–water partition coefficient (Wildman–Crippen LogP) is 4.14. The number of nitrogens with zero attached hydrogens (tertiary/aromatic N) is 1. The number of aromatic nitrogens is 1. The van der Waals surface area contributed by atoms with Gasteiger partial charge in [0.05, 0.1) is 32.4 Å². The largest absolute Gasteiger partial charge is 0.399 e. The van der Waals surface area contributed by atoms with Gasteiger partial charge in [0.15, 0.2) is 0 Å². The van der Waals surface area contributed by atoms with Crippen LogP contribution >= 0.6 is 34.5 Å². The van der Waals surface area contributed by atoms with Gasteiger partial charge in [-0.1, -0.05) is 23.2 Å². The Kier molecular flexibility index (Phi) is 4.76. The summed E-state index contributed by atoms with van der Waals surface area (Å²) in [5.41, 5.74) is 7.29. The van der Waals surface area contributed by atoms with Crippen LogP contribution in [0.25, 0.3) is 0 Å². The fourth-order valence-corrected chi connectivity index (χ4v) is 3.42. The van der Waals surface area contributed by atoms with Crippen LogP contribution in [0.2, 0.25) is 10.0 Å². The molecule has 1 heterocycles. The molecular formula is C14H15Cl2N3OS. The lowest BCUT2D eigenvalue weighted by atomic mass is 10.1. The first-order valence-corrected chi connectivity index (χ1v) is 7.86. The van der Waals surface area contributed by atoms with Crippen LogP contribution in [-0.4, -0.2) is 10.9 Å². The van der Waals surface area contributed by atoms with Crippen molar-refractivity contribution in [2.75, 3.05) is 5.73 Å². The summed E-state index contributed by atoms with van der Waals surface area (Å²) in [6.07, 6.45) is 0. The van der Waals surface area contributed by atoms with Crippen molar-refractivity contribution in [1.29, 1.82) is 0 Å². The molecule has 2 aromatic rings. The van der Waals surface area contributed by atoms with Gasteiger partial charge in [-0.05, 0) is 32.9 Å². The third kappa shape index (κ3) is 3.48. The summed E-state index contributed by atoms with van der Waals surface area (Å²) in [6.45, 7) is 5.76. The number of rotatable bonds is 3. The first-order valence-electron chi connectivity index (χ1n) is 6.29. The van der Waals surface area contributed by atoms with Crippen LogP contribution in [-0.2, 0) is 0 Å². The zero-order chi connectivity index (χ0) is 15.7. The number of hydrogen-bond acceptors (Lipinski definition) is 4. The van der Waals surface area contributed by atoms with E-state index in [4.69, 9.17) is 28.9 Å². The summed E-state index contributed by atoms with van der Waals surface area (Å²) in [7, 11) is 0. The van der Waals surface area contributed by atoms with Crippen LogP contribution in [0.5, 0.6) is 0 Å². The minimum atomic E-state index is -0.313. The molecule has 1 aromatic heterocycles. The monoisotopic (exact) mass is 343 g/mol. The predicted molar refractivity (Wildman–Crippen MR) is 88.3 cm³/mol. The van der Waals surface area contributed by atoms with Crippen LogP contribution in [0, 0.1) is 13.8 Å². The zero-order valence-electron chi connectivity index (χ0n) is 11.8. The van der Waals surface area contributed by atoms with Crippen molar-refractivity contribution >= 4 is 46.1 Å². The van der Waals surface area contributed by atoms with Gasteiger partial charge < -0.3 is 11.1 Å². The van der Waals surface area contributed by atoms with E-state index in [0.717, 1.165) is 15.6 Å². The molecule has 0 saturated carbocycles. The van der Waals surface area contributed by atoms with Crippen molar-refractivity contribution in [3.05, 3.63) is 43.3 Å². The maximum absolute atomic E-state index is 12.3. The van der Waals surface area contributed by atoms with Gasteiger partial charge in [-0.15, -0.1) is 11.3 Å². The van der Waals surface area contributed by atoms with E-state index in [1.165, 1.54) is 12.1 Å². The molecule has 0 bridgehead atoms. The Hall–Kier alpha value is -1.30. The van der Waals surface area contributed by atoms with Crippen LogP contribution < -0.4 is 11.1 Å². The van der Waals surface area contributed by atoms with E-state index in [-0.39, 0.29) is 27.6 Å². The van der Waals surface area contributed by atoms with Gasteiger partial charge in [0.25, 0.3) is 5.91 Å². The second-order valence-electron chi connectivity index (χ2n) is 4.74. The molecule has 4 nitrogen and oxygen atoms in total. The zero-order valence-corrected chi connectivity index (χ0v) is 14.2. The quantitative estimate of drug-likeness (QED) is 0.823. The number of halogens is 2. The molecule has 1 aromatic carbocycles. The van der Waals surface area contributed by atoms with Crippen molar-refractivity contribution in [3.63, 3.8) is 0 Å². The number of hydrogen-bond donors (Lipinski definition) is 2.